The molecule has 140 valence electrons. The normalized spacial score (nSPS) is 14.9. The zero-order valence-electron chi connectivity index (χ0n) is 15.5. The molecular weight excluding hydrogens is 342 g/mol. The Kier molecular flexibility index (Phi) is 4.81. The quantitative estimate of drug-likeness (QED) is 0.665. The van der Waals surface area contributed by atoms with Crippen LogP contribution in [0.15, 0.2) is 46.9 Å². The van der Waals surface area contributed by atoms with E-state index >= 15 is 0 Å². The summed E-state index contributed by atoms with van der Waals surface area (Å²) in [6.07, 6.45) is 2.10. The minimum absolute atomic E-state index is 0.0590. The van der Waals surface area contributed by atoms with Crippen LogP contribution in [0.2, 0.25) is 0 Å². The van der Waals surface area contributed by atoms with Crippen LogP contribution in [0, 0.1) is 6.92 Å². The van der Waals surface area contributed by atoms with Crippen molar-refractivity contribution in [3.8, 4) is 0 Å². The van der Waals surface area contributed by atoms with E-state index in [9.17, 15) is 4.79 Å². The maximum atomic E-state index is 12.7. The zero-order valence-corrected chi connectivity index (χ0v) is 15.5. The molecule has 2 aromatic heterocycles. The summed E-state index contributed by atoms with van der Waals surface area (Å²) in [5.41, 5.74) is 1.40. The first-order valence-corrected chi connectivity index (χ1v) is 9.16. The van der Waals surface area contributed by atoms with Crippen molar-refractivity contribution >= 4 is 22.6 Å². The number of methoxy groups -OCH3 is 1. The number of amides is 1. The lowest BCUT2D eigenvalue weighted by Gasteiger charge is -2.18. The number of aryl methyl sites for hydroxylation is 1. The second-order valence-corrected chi connectivity index (χ2v) is 6.92. The highest BCUT2D eigenvalue weighted by Crippen LogP contribution is 2.26. The van der Waals surface area contributed by atoms with E-state index in [0.29, 0.717) is 24.0 Å². The van der Waals surface area contributed by atoms with Gasteiger partial charge in [-0.3, -0.25) is 4.79 Å². The van der Waals surface area contributed by atoms with E-state index in [4.69, 9.17) is 9.15 Å². The number of benzene rings is 1. The molecule has 1 atom stereocenters. The number of carbonyl (C=O) groups is 1. The molecule has 0 radical (unpaired) electrons. The van der Waals surface area contributed by atoms with Gasteiger partial charge in [0.1, 0.15) is 23.4 Å². The number of pyridine rings is 1. The Morgan fingerprint density at radius 3 is 2.81 bits per heavy atom. The molecule has 0 aliphatic heterocycles. The lowest BCUT2D eigenvalue weighted by molar-refractivity contribution is 0.0952. The number of anilines is 1. The van der Waals surface area contributed by atoms with Crippen LogP contribution in [0.4, 0.5) is 5.82 Å². The number of nitrogens with zero attached hydrogens (tertiary/aromatic N) is 1. The zero-order chi connectivity index (χ0) is 18.8. The second kappa shape index (κ2) is 7.40. The van der Waals surface area contributed by atoms with Crippen LogP contribution in [0.1, 0.15) is 40.8 Å². The van der Waals surface area contributed by atoms with Gasteiger partial charge in [-0.15, -0.1) is 0 Å². The van der Waals surface area contributed by atoms with Crippen molar-refractivity contribution < 1.29 is 13.9 Å². The predicted molar refractivity (Wildman–Crippen MR) is 104 cm³/mol. The molecule has 6 heteroatoms. The van der Waals surface area contributed by atoms with Gasteiger partial charge in [0, 0.05) is 18.5 Å². The summed E-state index contributed by atoms with van der Waals surface area (Å²) >= 11 is 0. The number of hydrogen-bond donors (Lipinski definition) is 2. The smallest absolute Gasteiger partial charge is 0.252 e. The van der Waals surface area contributed by atoms with Crippen LogP contribution in [0.5, 0.6) is 0 Å². The van der Waals surface area contributed by atoms with Crippen LogP contribution < -0.4 is 10.6 Å². The van der Waals surface area contributed by atoms with E-state index in [1.165, 1.54) is 0 Å². The number of nitrogens with one attached hydrogen (secondary N) is 2. The first-order chi connectivity index (χ1) is 13.1. The highest BCUT2D eigenvalue weighted by Gasteiger charge is 2.25. The largest absolute Gasteiger partial charge is 0.464 e. The Hall–Kier alpha value is -2.86. The number of furan rings is 1. The number of fused-ring (bicyclic) bond motifs is 1. The molecule has 1 aliphatic rings. The number of aromatic nitrogens is 1. The third-order valence-electron chi connectivity index (χ3n) is 4.63. The van der Waals surface area contributed by atoms with Crippen LogP contribution in [0.3, 0.4) is 0 Å². The maximum Gasteiger partial charge on any atom is 0.252 e. The van der Waals surface area contributed by atoms with E-state index in [0.717, 1.165) is 35.3 Å². The van der Waals surface area contributed by atoms with Gasteiger partial charge < -0.3 is 19.8 Å². The van der Waals surface area contributed by atoms with Crippen molar-refractivity contribution in [3.63, 3.8) is 0 Å². The molecule has 27 heavy (non-hydrogen) atoms. The summed E-state index contributed by atoms with van der Waals surface area (Å²) in [6.45, 7) is 2.33. The summed E-state index contributed by atoms with van der Waals surface area (Å²) in [4.78, 5) is 17.4. The van der Waals surface area contributed by atoms with Gasteiger partial charge in [-0.2, -0.15) is 0 Å². The molecule has 1 aromatic carbocycles. The van der Waals surface area contributed by atoms with Crippen molar-refractivity contribution in [3.05, 3.63) is 59.5 Å². The van der Waals surface area contributed by atoms with Gasteiger partial charge in [-0.1, -0.05) is 18.2 Å². The van der Waals surface area contributed by atoms with E-state index in [2.05, 4.69) is 15.6 Å². The average Bonchev–Trinajstić information content (AvgIpc) is 3.37. The molecule has 1 saturated carbocycles. The molecule has 2 heterocycles. The fourth-order valence-electron chi connectivity index (χ4n) is 3.11. The molecule has 1 aliphatic carbocycles. The van der Waals surface area contributed by atoms with E-state index in [1.54, 1.807) is 13.2 Å². The average molecular weight is 365 g/mol. The Labute approximate surface area is 157 Å². The molecule has 1 fully saturated rings. The van der Waals surface area contributed by atoms with E-state index < -0.39 is 0 Å². The predicted octanol–water partition coefficient (Wildman–Crippen LogP) is 3.83. The minimum Gasteiger partial charge on any atom is -0.464 e. The minimum atomic E-state index is -0.197. The van der Waals surface area contributed by atoms with Crippen molar-refractivity contribution in [2.45, 2.75) is 31.8 Å². The van der Waals surface area contributed by atoms with Crippen LogP contribution in [-0.4, -0.2) is 30.6 Å². The number of rotatable bonds is 7. The number of para-hydroxylation sites is 1. The Balaban J connectivity index is 1.68. The van der Waals surface area contributed by atoms with Gasteiger partial charge in [0.2, 0.25) is 0 Å². The molecule has 0 saturated heterocycles. The van der Waals surface area contributed by atoms with Gasteiger partial charge >= 0.3 is 0 Å². The molecule has 1 amide bonds. The second-order valence-electron chi connectivity index (χ2n) is 6.92. The van der Waals surface area contributed by atoms with Crippen LogP contribution >= 0.6 is 0 Å². The molecule has 2 N–H and O–H groups in total. The Morgan fingerprint density at radius 2 is 2.11 bits per heavy atom. The third-order valence-corrected chi connectivity index (χ3v) is 4.63. The Bertz CT molecular complexity index is 962. The third kappa shape index (κ3) is 3.95. The summed E-state index contributed by atoms with van der Waals surface area (Å²) in [6, 6.07) is 13.4. The van der Waals surface area contributed by atoms with Crippen molar-refractivity contribution in [2.24, 2.45) is 0 Å². The summed E-state index contributed by atoms with van der Waals surface area (Å²) in [5.74, 6) is 2.17. The number of hydrogen-bond acceptors (Lipinski definition) is 5. The Morgan fingerprint density at radius 1 is 1.30 bits per heavy atom. The summed E-state index contributed by atoms with van der Waals surface area (Å²) in [7, 11) is 1.65. The van der Waals surface area contributed by atoms with E-state index in [-0.39, 0.29) is 11.9 Å². The van der Waals surface area contributed by atoms with Gasteiger partial charge in [0.05, 0.1) is 17.7 Å². The SMILES string of the molecule is COCC(Nc1cc(C(=O)NC2CC2)c2ccccc2n1)c1ccc(C)o1. The lowest BCUT2D eigenvalue weighted by Crippen LogP contribution is -2.26. The fourth-order valence-corrected chi connectivity index (χ4v) is 3.11. The van der Waals surface area contributed by atoms with Crippen LogP contribution in [-0.2, 0) is 4.74 Å². The molecule has 3 aromatic rings. The first-order valence-electron chi connectivity index (χ1n) is 9.16. The topological polar surface area (TPSA) is 76.4 Å². The molecule has 6 nitrogen and oxygen atoms in total. The van der Waals surface area contributed by atoms with Gasteiger partial charge in [-0.05, 0) is 44.0 Å². The van der Waals surface area contributed by atoms with Crippen molar-refractivity contribution in [1.82, 2.24) is 10.3 Å². The molecule has 1 unspecified atom stereocenters. The summed E-state index contributed by atoms with van der Waals surface area (Å²) < 4.78 is 11.1. The standard InChI is InChI=1S/C21H23N3O3/c1-13-7-10-19(27-13)18(12-26-2)24-20-11-16(21(25)22-14-8-9-14)15-5-3-4-6-17(15)23-20/h3-7,10-11,14,18H,8-9,12H2,1-2H3,(H,22,25)(H,23,24). The van der Waals surface area contributed by atoms with Gasteiger partial charge in [0.25, 0.3) is 5.91 Å². The van der Waals surface area contributed by atoms with Gasteiger partial charge in [-0.25, -0.2) is 4.98 Å². The highest BCUT2D eigenvalue weighted by atomic mass is 16.5. The lowest BCUT2D eigenvalue weighted by atomic mass is 10.1. The monoisotopic (exact) mass is 365 g/mol. The van der Waals surface area contributed by atoms with Crippen molar-refractivity contribution in [2.75, 3.05) is 19.0 Å². The summed E-state index contributed by atoms with van der Waals surface area (Å²) in [5, 5.41) is 7.27. The van der Waals surface area contributed by atoms with Gasteiger partial charge in [0.15, 0.2) is 0 Å². The van der Waals surface area contributed by atoms with E-state index in [1.807, 2.05) is 43.3 Å². The maximum absolute atomic E-state index is 12.7. The van der Waals surface area contributed by atoms with Crippen LogP contribution in [0.25, 0.3) is 10.9 Å². The van der Waals surface area contributed by atoms with Crippen molar-refractivity contribution in [1.29, 1.82) is 0 Å². The molecule has 0 spiro atoms. The molecule has 0 bridgehead atoms. The molecular formula is C21H23N3O3. The highest BCUT2D eigenvalue weighted by molar-refractivity contribution is 6.07. The fraction of sp³-hybridized carbons (Fsp3) is 0.333. The molecule has 4 rings (SSSR count). The number of ether oxygens (including phenoxy) is 1. The first kappa shape index (κ1) is 17.5. The number of carbonyl (C=O) groups excluding carboxylic acids is 1.